The first-order chi connectivity index (χ1) is 8.70. The molecule has 0 radical (unpaired) electrons. The molecule has 0 spiro atoms. The van der Waals surface area contributed by atoms with Crippen LogP contribution in [0.25, 0.3) is 0 Å². The van der Waals surface area contributed by atoms with E-state index in [9.17, 15) is 4.79 Å². The zero-order chi connectivity index (χ0) is 13.0. The summed E-state index contributed by atoms with van der Waals surface area (Å²) in [5.41, 5.74) is 1.39. The van der Waals surface area contributed by atoms with Gasteiger partial charge in [-0.3, -0.25) is 14.8 Å². The molecule has 18 heavy (non-hydrogen) atoms. The van der Waals surface area contributed by atoms with Gasteiger partial charge >= 0.3 is 0 Å². The smallest absolute Gasteiger partial charge is 0.254 e. The summed E-state index contributed by atoms with van der Waals surface area (Å²) < 4.78 is 0. The van der Waals surface area contributed by atoms with Crippen LogP contribution >= 0.6 is 0 Å². The third-order valence-corrected chi connectivity index (χ3v) is 3.29. The molecule has 1 fully saturated rings. The Morgan fingerprint density at radius 2 is 2.39 bits per heavy atom. The maximum absolute atomic E-state index is 12.0. The molecule has 2 heterocycles. The van der Waals surface area contributed by atoms with Gasteiger partial charge in [0.2, 0.25) is 0 Å². The average Bonchev–Trinajstić information content (AvgIpc) is 2.78. The van der Waals surface area contributed by atoms with E-state index in [0.29, 0.717) is 12.1 Å². The number of carbonyl (C=O) groups excluding carboxylic acids is 1. The molecule has 0 aliphatic carbocycles. The molecular weight excluding hydrogens is 230 g/mol. The first-order valence-electron chi connectivity index (χ1n) is 6.11. The Morgan fingerprint density at radius 1 is 1.67 bits per heavy atom. The van der Waals surface area contributed by atoms with Gasteiger partial charge in [0.15, 0.2) is 0 Å². The number of nitrogens with zero attached hydrogens (tertiary/aromatic N) is 3. The van der Waals surface area contributed by atoms with Crippen molar-refractivity contribution >= 4 is 5.91 Å². The summed E-state index contributed by atoms with van der Waals surface area (Å²) in [4.78, 5) is 14.1. The predicted octanol–water partition coefficient (Wildman–Crippen LogP) is 0.436. The number of likely N-dealkylation sites (tertiary alicyclic amines) is 1. The minimum Gasteiger partial charge on any atom is -0.349 e. The van der Waals surface area contributed by atoms with Crippen LogP contribution in [0.5, 0.6) is 0 Å². The minimum atomic E-state index is -0.0695. The molecule has 1 aromatic rings. The van der Waals surface area contributed by atoms with Gasteiger partial charge in [0.25, 0.3) is 5.91 Å². The van der Waals surface area contributed by atoms with E-state index in [1.165, 1.54) is 0 Å². The maximum Gasteiger partial charge on any atom is 0.254 e. The van der Waals surface area contributed by atoms with Crippen molar-refractivity contribution in [1.82, 2.24) is 20.4 Å². The normalized spacial score (nSPS) is 17.3. The van der Waals surface area contributed by atoms with E-state index in [0.717, 1.165) is 31.6 Å². The number of hydrogen-bond donors (Lipinski definition) is 2. The summed E-state index contributed by atoms with van der Waals surface area (Å²) in [5.74, 6) is -0.0695. The molecule has 1 saturated heterocycles. The predicted molar refractivity (Wildman–Crippen MR) is 65.9 cm³/mol. The summed E-state index contributed by atoms with van der Waals surface area (Å²) in [7, 11) is 0. The van der Waals surface area contributed by atoms with Crippen molar-refractivity contribution in [2.45, 2.75) is 25.8 Å². The highest BCUT2D eigenvalue weighted by Crippen LogP contribution is 2.11. The molecule has 0 saturated carbocycles. The Kier molecular flexibility index (Phi) is 3.95. The number of aromatic amines is 1. The number of carbonyl (C=O) groups is 1. The van der Waals surface area contributed by atoms with E-state index in [-0.39, 0.29) is 11.9 Å². The second-order valence-corrected chi connectivity index (χ2v) is 4.59. The second-order valence-electron chi connectivity index (χ2n) is 4.59. The van der Waals surface area contributed by atoms with E-state index in [1.54, 1.807) is 6.20 Å². The third kappa shape index (κ3) is 2.87. The monoisotopic (exact) mass is 247 g/mol. The number of H-pyrrole nitrogens is 1. The average molecular weight is 247 g/mol. The lowest BCUT2D eigenvalue weighted by molar-refractivity contribution is 0.0914. The van der Waals surface area contributed by atoms with Gasteiger partial charge in [-0.25, -0.2) is 0 Å². The van der Waals surface area contributed by atoms with Crippen LogP contribution in [-0.4, -0.2) is 46.7 Å². The van der Waals surface area contributed by atoms with Crippen LogP contribution in [0.2, 0.25) is 0 Å². The topological polar surface area (TPSA) is 84.8 Å². The van der Waals surface area contributed by atoms with Gasteiger partial charge in [-0.2, -0.15) is 10.4 Å². The first-order valence-corrected chi connectivity index (χ1v) is 6.11. The van der Waals surface area contributed by atoms with E-state index < -0.39 is 0 Å². The number of hydrogen-bond acceptors (Lipinski definition) is 4. The molecule has 0 atom stereocenters. The highest BCUT2D eigenvalue weighted by atomic mass is 16.1. The zero-order valence-corrected chi connectivity index (χ0v) is 10.4. The Balaban J connectivity index is 1.84. The van der Waals surface area contributed by atoms with Crippen molar-refractivity contribution in [2.24, 2.45) is 0 Å². The quantitative estimate of drug-likeness (QED) is 0.759. The van der Waals surface area contributed by atoms with Gasteiger partial charge in [-0.05, 0) is 19.8 Å². The summed E-state index contributed by atoms with van der Waals surface area (Å²) in [6, 6.07) is 2.35. The van der Waals surface area contributed by atoms with Gasteiger partial charge in [0, 0.05) is 24.8 Å². The van der Waals surface area contributed by atoms with Crippen LogP contribution in [0.15, 0.2) is 6.20 Å². The highest BCUT2D eigenvalue weighted by molar-refractivity contribution is 5.95. The number of nitriles is 1. The van der Waals surface area contributed by atoms with E-state index in [1.807, 2.05) is 6.92 Å². The lowest BCUT2D eigenvalue weighted by Crippen LogP contribution is -2.44. The van der Waals surface area contributed by atoms with Crippen molar-refractivity contribution in [3.63, 3.8) is 0 Å². The summed E-state index contributed by atoms with van der Waals surface area (Å²) in [6.07, 6.45) is 3.34. The van der Waals surface area contributed by atoms with Crippen LogP contribution in [0, 0.1) is 18.3 Å². The number of nitrogens with one attached hydrogen (secondary N) is 2. The summed E-state index contributed by atoms with van der Waals surface area (Å²) >= 11 is 0. The molecule has 6 heteroatoms. The Hall–Kier alpha value is -1.87. The number of amides is 1. The number of rotatable bonds is 3. The Labute approximate surface area is 106 Å². The molecule has 2 N–H and O–H groups in total. The van der Waals surface area contributed by atoms with Crippen LogP contribution in [0.3, 0.4) is 0 Å². The molecule has 2 rings (SSSR count). The van der Waals surface area contributed by atoms with Crippen LogP contribution < -0.4 is 5.32 Å². The van der Waals surface area contributed by atoms with Gasteiger partial charge in [-0.1, -0.05) is 0 Å². The molecule has 1 amide bonds. The fourth-order valence-corrected chi connectivity index (χ4v) is 2.18. The van der Waals surface area contributed by atoms with Crippen molar-refractivity contribution < 1.29 is 4.79 Å². The molecule has 0 aromatic carbocycles. The highest BCUT2D eigenvalue weighted by Gasteiger charge is 2.21. The van der Waals surface area contributed by atoms with Crippen LogP contribution in [0.4, 0.5) is 0 Å². The molecule has 1 aromatic heterocycles. The van der Waals surface area contributed by atoms with Crippen LogP contribution in [-0.2, 0) is 0 Å². The molecule has 6 nitrogen and oxygen atoms in total. The van der Waals surface area contributed by atoms with Crippen molar-refractivity contribution in [3.8, 4) is 6.07 Å². The molecular formula is C12H17N5O. The maximum atomic E-state index is 12.0. The molecule has 0 unspecified atom stereocenters. The fraction of sp³-hybridized carbons (Fsp3) is 0.583. The van der Waals surface area contributed by atoms with Crippen molar-refractivity contribution in [1.29, 1.82) is 5.26 Å². The van der Waals surface area contributed by atoms with Gasteiger partial charge in [-0.15, -0.1) is 0 Å². The third-order valence-electron chi connectivity index (χ3n) is 3.29. The van der Waals surface area contributed by atoms with Crippen LogP contribution in [0.1, 0.15) is 28.9 Å². The standard InChI is InChI=1S/C12H17N5O/c1-9-11(8-14-16-9)12(18)15-10-2-5-17(6-3-10)7-4-13/h8,10H,2-3,5-7H2,1H3,(H,14,16)(H,15,18). The van der Waals surface area contributed by atoms with Gasteiger partial charge in [0.1, 0.15) is 0 Å². The molecule has 1 aliphatic heterocycles. The summed E-state index contributed by atoms with van der Waals surface area (Å²) in [5, 5.41) is 18.2. The van der Waals surface area contributed by atoms with Gasteiger partial charge < -0.3 is 5.32 Å². The lowest BCUT2D eigenvalue weighted by atomic mass is 10.0. The number of aromatic nitrogens is 2. The van der Waals surface area contributed by atoms with E-state index >= 15 is 0 Å². The fourth-order valence-electron chi connectivity index (χ4n) is 2.18. The zero-order valence-electron chi connectivity index (χ0n) is 10.4. The van der Waals surface area contributed by atoms with Crippen molar-refractivity contribution in [2.75, 3.05) is 19.6 Å². The van der Waals surface area contributed by atoms with Crippen molar-refractivity contribution in [3.05, 3.63) is 17.5 Å². The lowest BCUT2D eigenvalue weighted by Gasteiger charge is -2.30. The SMILES string of the molecule is Cc1[nH]ncc1C(=O)NC1CCN(CC#N)CC1. The summed E-state index contributed by atoms with van der Waals surface area (Å²) in [6.45, 7) is 4.03. The molecule has 96 valence electrons. The number of piperidine rings is 1. The van der Waals surface area contributed by atoms with E-state index in [4.69, 9.17) is 5.26 Å². The van der Waals surface area contributed by atoms with Gasteiger partial charge in [0.05, 0.1) is 24.4 Å². The Bertz CT molecular complexity index is 453. The Morgan fingerprint density at radius 3 is 2.94 bits per heavy atom. The molecule has 0 bridgehead atoms. The largest absolute Gasteiger partial charge is 0.349 e. The minimum absolute atomic E-state index is 0.0695. The second kappa shape index (κ2) is 5.65. The van der Waals surface area contributed by atoms with E-state index in [2.05, 4.69) is 26.5 Å². The first kappa shape index (κ1) is 12.6. The number of aryl methyl sites for hydroxylation is 1. The molecule has 1 aliphatic rings.